The monoisotopic (exact) mass is 421 g/mol. The van der Waals surface area contributed by atoms with E-state index >= 15 is 0 Å². The molecular weight excluding hydrogens is 393 g/mol. The summed E-state index contributed by atoms with van der Waals surface area (Å²) >= 11 is 0. The van der Waals surface area contributed by atoms with Crippen molar-refractivity contribution in [1.29, 1.82) is 0 Å². The molecule has 0 atom stereocenters. The van der Waals surface area contributed by atoms with E-state index in [0.717, 1.165) is 29.8 Å². The van der Waals surface area contributed by atoms with Gasteiger partial charge in [-0.05, 0) is 30.5 Å². The first-order valence-corrected chi connectivity index (χ1v) is 10.8. The Morgan fingerprint density at radius 3 is 2.29 bits per heavy atom. The number of hydrogen-bond donors (Lipinski definition) is 0. The van der Waals surface area contributed by atoms with Gasteiger partial charge in [0.2, 0.25) is 0 Å². The van der Waals surface area contributed by atoms with Crippen LogP contribution in [-0.4, -0.2) is 25.4 Å². The van der Waals surface area contributed by atoms with E-state index in [1.807, 2.05) is 30.1 Å². The fourth-order valence-electron chi connectivity index (χ4n) is 5.14. The maximum absolute atomic E-state index is 14.5. The Hall–Kier alpha value is -2.95. The van der Waals surface area contributed by atoms with Crippen molar-refractivity contribution in [2.45, 2.75) is 50.4 Å². The van der Waals surface area contributed by atoms with Crippen molar-refractivity contribution in [3.8, 4) is 0 Å². The number of allylic oxidation sites excluding steroid dienone is 1. The molecule has 2 aliphatic rings. The van der Waals surface area contributed by atoms with Gasteiger partial charge in [-0.1, -0.05) is 63.1 Å². The second-order valence-corrected chi connectivity index (χ2v) is 9.04. The minimum absolute atomic E-state index is 0.280. The van der Waals surface area contributed by atoms with Gasteiger partial charge in [-0.3, -0.25) is 9.59 Å². The van der Waals surface area contributed by atoms with E-state index in [-0.39, 0.29) is 17.8 Å². The minimum atomic E-state index is -1.00. The number of ether oxygens (including phenoxy) is 1. The van der Waals surface area contributed by atoms with Gasteiger partial charge in [0.15, 0.2) is 12.4 Å². The van der Waals surface area contributed by atoms with Crippen LogP contribution < -0.4 is 4.90 Å². The number of esters is 1. The third-order valence-corrected chi connectivity index (χ3v) is 6.82. The number of fused-ring (bicyclic) bond motifs is 1. The van der Waals surface area contributed by atoms with E-state index in [1.54, 1.807) is 24.3 Å². The highest BCUT2D eigenvalue weighted by atomic mass is 19.1. The molecule has 1 heterocycles. The molecule has 0 bridgehead atoms. The standard InChI is InChI=1S/C26H28FNO3/c1-25(2)20-11-5-7-13-22(20)28(3)23(25)16-18(29)17-31-24(30)26(14-8-9-15-26)19-10-4-6-12-21(19)27/h4-7,10-13,16H,8-9,14-15,17H2,1-3H3/b23-16-. The Labute approximate surface area is 182 Å². The molecule has 1 aliphatic carbocycles. The van der Waals surface area contributed by atoms with Gasteiger partial charge in [-0.15, -0.1) is 0 Å². The molecule has 1 saturated carbocycles. The normalized spacial score (nSPS) is 20.0. The molecule has 0 spiro atoms. The van der Waals surface area contributed by atoms with Crippen LogP contribution in [-0.2, 0) is 25.2 Å². The first-order chi connectivity index (χ1) is 14.8. The van der Waals surface area contributed by atoms with Gasteiger partial charge in [0.05, 0.1) is 5.41 Å². The number of para-hydroxylation sites is 1. The molecule has 4 nitrogen and oxygen atoms in total. The largest absolute Gasteiger partial charge is 0.457 e. The molecule has 162 valence electrons. The van der Waals surface area contributed by atoms with E-state index in [9.17, 15) is 14.0 Å². The van der Waals surface area contributed by atoms with Crippen LogP contribution >= 0.6 is 0 Å². The Balaban J connectivity index is 1.51. The maximum atomic E-state index is 14.5. The summed E-state index contributed by atoms with van der Waals surface area (Å²) in [4.78, 5) is 27.8. The Morgan fingerprint density at radius 1 is 1.03 bits per heavy atom. The van der Waals surface area contributed by atoms with E-state index < -0.39 is 17.2 Å². The van der Waals surface area contributed by atoms with Crippen molar-refractivity contribution < 1.29 is 18.7 Å². The van der Waals surface area contributed by atoms with Crippen LogP contribution in [0.5, 0.6) is 0 Å². The molecule has 0 unspecified atom stereocenters. The average molecular weight is 422 g/mol. The molecule has 0 amide bonds. The van der Waals surface area contributed by atoms with Crippen molar-refractivity contribution in [2.75, 3.05) is 18.6 Å². The third-order valence-electron chi connectivity index (χ3n) is 6.82. The number of halogens is 1. The summed E-state index contributed by atoms with van der Waals surface area (Å²) in [5.74, 6) is -1.19. The molecule has 0 radical (unpaired) electrons. The average Bonchev–Trinajstić information content (AvgIpc) is 3.32. The third kappa shape index (κ3) is 3.56. The van der Waals surface area contributed by atoms with E-state index in [1.165, 1.54) is 6.07 Å². The van der Waals surface area contributed by atoms with Gasteiger partial charge < -0.3 is 9.64 Å². The van der Waals surface area contributed by atoms with E-state index in [4.69, 9.17) is 4.74 Å². The zero-order valence-electron chi connectivity index (χ0n) is 18.3. The fourth-order valence-corrected chi connectivity index (χ4v) is 5.14. The van der Waals surface area contributed by atoms with Gasteiger partial charge in [0, 0.05) is 35.5 Å². The van der Waals surface area contributed by atoms with Crippen molar-refractivity contribution in [3.63, 3.8) is 0 Å². The quantitative estimate of drug-likeness (QED) is 0.500. The second kappa shape index (κ2) is 7.95. The molecule has 2 aromatic rings. The zero-order valence-corrected chi connectivity index (χ0v) is 18.3. The second-order valence-electron chi connectivity index (χ2n) is 9.04. The lowest BCUT2D eigenvalue weighted by Gasteiger charge is -2.27. The maximum Gasteiger partial charge on any atom is 0.317 e. The number of carbonyl (C=O) groups excluding carboxylic acids is 2. The molecule has 4 rings (SSSR count). The molecule has 2 aromatic carbocycles. The van der Waals surface area contributed by atoms with Crippen molar-refractivity contribution >= 4 is 17.4 Å². The Morgan fingerprint density at radius 2 is 1.65 bits per heavy atom. The lowest BCUT2D eigenvalue weighted by molar-refractivity contribution is -0.153. The molecule has 31 heavy (non-hydrogen) atoms. The number of carbonyl (C=O) groups is 2. The summed E-state index contributed by atoms with van der Waals surface area (Å²) in [6.45, 7) is 3.80. The first kappa shape index (κ1) is 21.3. The molecule has 0 saturated heterocycles. The van der Waals surface area contributed by atoms with Crippen LogP contribution in [0.25, 0.3) is 0 Å². The van der Waals surface area contributed by atoms with Crippen LogP contribution in [0.1, 0.15) is 50.7 Å². The summed E-state index contributed by atoms with van der Waals surface area (Å²) in [5, 5.41) is 0. The number of likely N-dealkylation sites (N-methyl/N-ethyl adjacent to an activating group) is 1. The van der Waals surface area contributed by atoms with Gasteiger partial charge in [0.1, 0.15) is 5.82 Å². The fraction of sp³-hybridized carbons (Fsp3) is 0.385. The van der Waals surface area contributed by atoms with Crippen molar-refractivity contribution in [2.24, 2.45) is 0 Å². The SMILES string of the molecule is CN1/C(=C\C(=O)COC(=O)C2(c3ccccc3F)CCCC2)C(C)(C)c2ccccc21. The number of ketones is 1. The van der Waals surface area contributed by atoms with Crippen LogP contribution in [0.3, 0.4) is 0 Å². The summed E-state index contributed by atoms with van der Waals surface area (Å²) in [6, 6.07) is 14.4. The summed E-state index contributed by atoms with van der Waals surface area (Å²) in [5.41, 5.74) is 2.12. The van der Waals surface area contributed by atoms with Crippen molar-refractivity contribution in [1.82, 2.24) is 0 Å². The number of anilines is 1. The van der Waals surface area contributed by atoms with Crippen LogP contribution in [0.4, 0.5) is 10.1 Å². The van der Waals surface area contributed by atoms with E-state index in [0.29, 0.717) is 18.4 Å². The first-order valence-electron chi connectivity index (χ1n) is 10.8. The van der Waals surface area contributed by atoms with Crippen molar-refractivity contribution in [3.05, 3.63) is 77.2 Å². The number of nitrogens with zero attached hydrogens (tertiary/aromatic N) is 1. The molecular formula is C26H28FNO3. The predicted octanol–water partition coefficient (Wildman–Crippen LogP) is 5.06. The summed E-state index contributed by atoms with van der Waals surface area (Å²) < 4.78 is 20.0. The Kier molecular flexibility index (Phi) is 5.46. The highest BCUT2D eigenvalue weighted by molar-refractivity contribution is 5.95. The number of hydrogen-bond acceptors (Lipinski definition) is 4. The summed E-state index contributed by atoms with van der Waals surface area (Å²) in [7, 11) is 1.93. The van der Waals surface area contributed by atoms with Crippen LogP contribution in [0.2, 0.25) is 0 Å². The zero-order chi connectivity index (χ0) is 22.2. The smallest absolute Gasteiger partial charge is 0.317 e. The molecule has 0 aromatic heterocycles. The van der Waals surface area contributed by atoms with Gasteiger partial charge in [-0.25, -0.2) is 4.39 Å². The molecule has 5 heteroatoms. The molecule has 1 fully saturated rings. The highest BCUT2D eigenvalue weighted by Gasteiger charge is 2.46. The predicted molar refractivity (Wildman–Crippen MR) is 118 cm³/mol. The lowest BCUT2D eigenvalue weighted by Crippen LogP contribution is -2.36. The number of rotatable bonds is 5. The molecule has 0 N–H and O–H groups in total. The van der Waals surface area contributed by atoms with Gasteiger partial charge in [0.25, 0.3) is 0 Å². The van der Waals surface area contributed by atoms with Crippen LogP contribution in [0, 0.1) is 5.82 Å². The Bertz CT molecular complexity index is 1050. The minimum Gasteiger partial charge on any atom is -0.457 e. The van der Waals surface area contributed by atoms with Gasteiger partial charge in [-0.2, -0.15) is 0 Å². The lowest BCUT2D eigenvalue weighted by atomic mass is 9.78. The summed E-state index contributed by atoms with van der Waals surface area (Å²) in [6.07, 6.45) is 4.30. The van der Waals surface area contributed by atoms with Crippen LogP contribution in [0.15, 0.2) is 60.3 Å². The van der Waals surface area contributed by atoms with Gasteiger partial charge >= 0.3 is 5.97 Å². The molecule has 1 aliphatic heterocycles. The number of benzene rings is 2. The highest BCUT2D eigenvalue weighted by Crippen LogP contribution is 2.46. The topological polar surface area (TPSA) is 46.6 Å². The van der Waals surface area contributed by atoms with E-state index in [2.05, 4.69) is 19.9 Å².